The Hall–Kier alpha value is -2.40. The zero-order valence-corrected chi connectivity index (χ0v) is 13.8. The number of nitrogens with zero attached hydrogens (tertiary/aromatic N) is 1. The van der Waals surface area contributed by atoms with E-state index in [9.17, 15) is 9.59 Å². The second kappa shape index (κ2) is 7.01. The summed E-state index contributed by atoms with van der Waals surface area (Å²) >= 11 is 5.84. The molecule has 1 heterocycles. The molecule has 0 aliphatic heterocycles. The third kappa shape index (κ3) is 3.74. The Labute approximate surface area is 145 Å². The van der Waals surface area contributed by atoms with Crippen molar-refractivity contribution in [2.24, 2.45) is 5.41 Å². The van der Waals surface area contributed by atoms with Crippen molar-refractivity contribution < 1.29 is 9.59 Å². The molecule has 1 fully saturated rings. The molecule has 3 rings (SSSR count). The largest absolute Gasteiger partial charge is 0.351 e. The lowest BCUT2D eigenvalue weighted by Gasteiger charge is -2.15. The van der Waals surface area contributed by atoms with Gasteiger partial charge in [-0.05, 0) is 48.2 Å². The molecular weight excluding hydrogens is 326 g/mol. The highest BCUT2D eigenvalue weighted by Crippen LogP contribution is 2.46. The monoisotopic (exact) mass is 343 g/mol. The third-order valence-electron chi connectivity index (χ3n) is 4.19. The Morgan fingerprint density at radius 2 is 1.42 bits per heavy atom. The van der Waals surface area contributed by atoms with Crippen LogP contribution in [-0.2, 0) is 22.7 Å². The van der Waals surface area contributed by atoms with Crippen LogP contribution in [0.15, 0.2) is 48.8 Å². The molecule has 5 nitrogen and oxygen atoms in total. The maximum Gasteiger partial charge on any atom is 0.235 e. The Morgan fingerprint density at radius 1 is 0.917 bits per heavy atom. The van der Waals surface area contributed by atoms with E-state index in [2.05, 4.69) is 15.6 Å². The van der Waals surface area contributed by atoms with E-state index in [-0.39, 0.29) is 11.8 Å². The van der Waals surface area contributed by atoms with E-state index in [0.717, 1.165) is 11.1 Å². The number of benzene rings is 1. The molecule has 6 heteroatoms. The smallest absolute Gasteiger partial charge is 0.235 e. The zero-order valence-electron chi connectivity index (χ0n) is 13.1. The number of carbonyl (C=O) groups excluding carboxylic acids is 2. The minimum Gasteiger partial charge on any atom is -0.351 e. The number of carbonyl (C=O) groups is 2. The zero-order chi connectivity index (χ0) is 17.0. The molecule has 24 heavy (non-hydrogen) atoms. The van der Waals surface area contributed by atoms with E-state index >= 15 is 0 Å². The lowest BCUT2D eigenvalue weighted by Crippen LogP contribution is -2.42. The molecule has 1 aromatic heterocycles. The highest BCUT2D eigenvalue weighted by molar-refractivity contribution is 6.30. The quantitative estimate of drug-likeness (QED) is 0.791. The minimum atomic E-state index is -0.917. The molecule has 2 aromatic rings. The van der Waals surface area contributed by atoms with Gasteiger partial charge in [-0.15, -0.1) is 0 Å². The lowest BCUT2D eigenvalue weighted by molar-refractivity contribution is -0.137. The molecular formula is C18H18ClN3O2. The van der Waals surface area contributed by atoms with Gasteiger partial charge in [0.15, 0.2) is 0 Å². The summed E-state index contributed by atoms with van der Waals surface area (Å²) < 4.78 is 0. The van der Waals surface area contributed by atoms with Crippen molar-refractivity contribution in [2.75, 3.05) is 0 Å². The maximum absolute atomic E-state index is 12.4. The first-order chi connectivity index (χ1) is 11.6. The van der Waals surface area contributed by atoms with Crippen LogP contribution in [0.5, 0.6) is 0 Å². The van der Waals surface area contributed by atoms with Crippen molar-refractivity contribution in [1.29, 1.82) is 0 Å². The summed E-state index contributed by atoms with van der Waals surface area (Å²) in [5, 5.41) is 6.34. The second-order valence-corrected chi connectivity index (χ2v) is 6.37. The SMILES string of the molecule is O=C(NCc1ccncc1)C1(C(=O)NCc2ccc(Cl)cc2)CC1. The van der Waals surface area contributed by atoms with E-state index in [4.69, 9.17) is 11.6 Å². The van der Waals surface area contributed by atoms with Crippen molar-refractivity contribution in [1.82, 2.24) is 15.6 Å². The lowest BCUT2D eigenvalue weighted by atomic mass is 10.0. The number of aromatic nitrogens is 1. The van der Waals surface area contributed by atoms with E-state index in [1.807, 2.05) is 24.3 Å². The van der Waals surface area contributed by atoms with E-state index in [0.29, 0.717) is 31.0 Å². The number of nitrogens with one attached hydrogen (secondary N) is 2. The molecule has 1 saturated carbocycles. The average Bonchev–Trinajstić information content (AvgIpc) is 3.42. The maximum atomic E-state index is 12.4. The van der Waals surface area contributed by atoms with Crippen LogP contribution >= 0.6 is 11.6 Å². The van der Waals surface area contributed by atoms with Crippen LogP contribution in [0, 0.1) is 5.41 Å². The molecule has 0 saturated heterocycles. The molecule has 124 valence electrons. The van der Waals surface area contributed by atoms with Crippen molar-refractivity contribution >= 4 is 23.4 Å². The van der Waals surface area contributed by atoms with Crippen LogP contribution in [0.25, 0.3) is 0 Å². The highest BCUT2D eigenvalue weighted by Gasteiger charge is 2.56. The number of halogens is 1. The molecule has 0 spiro atoms. The van der Waals surface area contributed by atoms with Crippen LogP contribution in [0.1, 0.15) is 24.0 Å². The van der Waals surface area contributed by atoms with E-state index in [1.54, 1.807) is 24.5 Å². The van der Waals surface area contributed by atoms with E-state index in [1.165, 1.54) is 0 Å². The third-order valence-corrected chi connectivity index (χ3v) is 4.44. The predicted octanol–water partition coefficient (Wildman–Crippen LogP) is 2.45. The number of hydrogen-bond acceptors (Lipinski definition) is 3. The van der Waals surface area contributed by atoms with Gasteiger partial charge in [0.1, 0.15) is 5.41 Å². The average molecular weight is 344 g/mol. The van der Waals surface area contributed by atoms with Gasteiger partial charge in [0.05, 0.1) is 0 Å². The summed E-state index contributed by atoms with van der Waals surface area (Å²) in [5.74, 6) is -0.433. The summed E-state index contributed by atoms with van der Waals surface area (Å²) in [6.45, 7) is 0.781. The van der Waals surface area contributed by atoms with Gasteiger partial charge in [0, 0.05) is 30.5 Å². The molecule has 0 radical (unpaired) electrons. The molecule has 0 atom stereocenters. The molecule has 1 aromatic carbocycles. The summed E-state index contributed by atoms with van der Waals surface area (Å²) in [7, 11) is 0. The standard InChI is InChI=1S/C18H18ClN3O2/c19-15-3-1-13(2-4-15)11-21-16(23)18(7-8-18)17(24)22-12-14-5-9-20-10-6-14/h1-6,9-10H,7-8,11-12H2,(H,21,23)(H,22,24). The van der Waals surface area contributed by atoms with Crippen molar-refractivity contribution in [3.8, 4) is 0 Å². The molecule has 1 aliphatic carbocycles. The van der Waals surface area contributed by atoms with Crippen LogP contribution < -0.4 is 10.6 Å². The summed E-state index contributed by atoms with van der Waals surface area (Å²) in [6.07, 6.45) is 4.52. The normalized spacial score (nSPS) is 14.7. The van der Waals surface area contributed by atoms with Gasteiger partial charge in [-0.3, -0.25) is 14.6 Å². The van der Waals surface area contributed by atoms with Crippen LogP contribution in [0.4, 0.5) is 0 Å². The summed E-state index contributed by atoms with van der Waals surface area (Å²) in [4.78, 5) is 28.7. The molecule has 1 aliphatic rings. The van der Waals surface area contributed by atoms with Crippen molar-refractivity contribution in [3.63, 3.8) is 0 Å². The Morgan fingerprint density at radius 3 is 1.92 bits per heavy atom. The second-order valence-electron chi connectivity index (χ2n) is 5.93. The Kier molecular flexibility index (Phi) is 4.81. The first-order valence-corrected chi connectivity index (χ1v) is 8.18. The van der Waals surface area contributed by atoms with Gasteiger partial charge < -0.3 is 10.6 Å². The van der Waals surface area contributed by atoms with Crippen molar-refractivity contribution in [3.05, 3.63) is 64.9 Å². The fourth-order valence-corrected chi connectivity index (χ4v) is 2.61. The van der Waals surface area contributed by atoms with Gasteiger partial charge in [0.25, 0.3) is 0 Å². The van der Waals surface area contributed by atoms with Gasteiger partial charge in [0.2, 0.25) is 11.8 Å². The number of amides is 2. The number of hydrogen-bond donors (Lipinski definition) is 2. The van der Waals surface area contributed by atoms with Crippen molar-refractivity contribution in [2.45, 2.75) is 25.9 Å². The van der Waals surface area contributed by atoms with E-state index < -0.39 is 5.41 Å². The van der Waals surface area contributed by atoms with Crippen LogP contribution in [0.3, 0.4) is 0 Å². The van der Waals surface area contributed by atoms with Gasteiger partial charge in [-0.2, -0.15) is 0 Å². The van der Waals surface area contributed by atoms with Gasteiger partial charge in [-0.25, -0.2) is 0 Å². The fourth-order valence-electron chi connectivity index (χ4n) is 2.49. The van der Waals surface area contributed by atoms with Gasteiger partial charge in [-0.1, -0.05) is 23.7 Å². The molecule has 0 unspecified atom stereocenters. The summed E-state index contributed by atoms with van der Waals surface area (Å²) in [6, 6.07) is 10.9. The predicted molar refractivity (Wildman–Crippen MR) is 91.0 cm³/mol. The number of pyridine rings is 1. The minimum absolute atomic E-state index is 0.215. The Bertz CT molecular complexity index is 728. The molecule has 2 N–H and O–H groups in total. The first-order valence-electron chi connectivity index (χ1n) is 7.80. The topological polar surface area (TPSA) is 71.1 Å². The molecule has 2 amide bonds. The number of rotatable bonds is 6. The first kappa shape index (κ1) is 16.5. The highest BCUT2D eigenvalue weighted by atomic mass is 35.5. The fraction of sp³-hybridized carbons (Fsp3) is 0.278. The summed E-state index contributed by atoms with van der Waals surface area (Å²) in [5.41, 5.74) is 0.982. The Balaban J connectivity index is 1.53. The van der Waals surface area contributed by atoms with Crippen LogP contribution in [0.2, 0.25) is 5.02 Å². The molecule has 0 bridgehead atoms. The van der Waals surface area contributed by atoms with Crippen LogP contribution in [-0.4, -0.2) is 16.8 Å². The van der Waals surface area contributed by atoms with Gasteiger partial charge >= 0.3 is 0 Å².